The van der Waals surface area contributed by atoms with E-state index in [9.17, 15) is 13.2 Å². The summed E-state index contributed by atoms with van der Waals surface area (Å²) in [6.07, 6.45) is 1.35. The SMILES string of the molecule is Cc1nn(C)c(C)c1S(=O)(=O)N1CCCC(C(=O)NC(C)c2ccccc2)C1. The molecule has 0 bridgehead atoms. The number of hydrogen-bond donors (Lipinski definition) is 1. The molecule has 1 amide bonds. The summed E-state index contributed by atoms with van der Waals surface area (Å²) in [5, 5.41) is 7.26. The molecule has 1 aliphatic heterocycles. The molecule has 0 spiro atoms. The lowest BCUT2D eigenvalue weighted by Gasteiger charge is -2.32. The van der Waals surface area contributed by atoms with E-state index in [1.165, 1.54) is 4.31 Å². The van der Waals surface area contributed by atoms with Gasteiger partial charge in [-0.1, -0.05) is 30.3 Å². The summed E-state index contributed by atoms with van der Waals surface area (Å²) in [5.74, 6) is -0.456. The minimum atomic E-state index is -3.68. The summed E-state index contributed by atoms with van der Waals surface area (Å²) in [4.78, 5) is 13.0. The lowest BCUT2D eigenvalue weighted by molar-refractivity contribution is -0.126. The van der Waals surface area contributed by atoms with E-state index in [1.807, 2.05) is 37.3 Å². The molecule has 8 heteroatoms. The first-order chi connectivity index (χ1) is 13.2. The zero-order valence-corrected chi connectivity index (χ0v) is 17.7. The van der Waals surface area contributed by atoms with Crippen LogP contribution in [0.1, 0.15) is 42.8 Å². The van der Waals surface area contributed by atoms with Gasteiger partial charge >= 0.3 is 0 Å². The third kappa shape index (κ3) is 3.98. The molecule has 0 saturated carbocycles. The topological polar surface area (TPSA) is 84.3 Å². The van der Waals surface area contributed by atoms with Crippen LogP contribution in [0.15, 0.2) is 35.2 Å². The van der Waals surface area contributed by atoms with E-state index in [-0.39, 0.29) is 29.3 Å². The summed E-state index contributed by atoms with van der Waals surface area (Å²) in [6, 6.07) is 9.62. The quantitative estimate of drug-likeness (QED) is 0.829. The molecule has 28 heavy (non-hydrogen) atoms. The molecule has 2 unspecified atom stereocenters. The molecule has 1 aromatic heterocycles. The van der Waals surface area contributed by atoms with Gasteiger partial charge in [0.1, 0.15) is 4.90 Å². The number of carbonyl (C=O) groups excluding carboxylic acids is 1. The van der Waals surface area contributed by atoms with Crippen molar-refractivity contribution < 1.29 is 13.2 Å². The predicted octanol–water partition coefficient (Wildman–Crippen LogP) is 2.32. The number of carbonyl (C=O) groups is 1. The first-order valence-corrected chi connectivity index (χ1v) is 11.0. The zero-order valence-electron chi connectivity index (χ0n) is 16.8. The van der Waals surface area contributed by atoms with Crippen molar-refractivity contribution in [2.75, 3.05) is 13.1 Å². The number of aromatic nitrogens is 2. The van der Waals surface area contributed by atoms with E-state index in [2.05, 4.69) is 10.4 Å². The van der Waals surface area contributed by atoms with E-state index in [0.717, 1.165) is 5.56 Å². The predicted molar refractivity (Wildman–Crippen MR) is 107 cm³/mol. The van der Waals surface area contributed by atoms with Gasteiger partial charge in [0, 0.05) is 20.1 Å². The largest absolute Gasteiger partial charge is 0.349 e. The van der Waals surface area contributed by atoms with Crippen LogP contribution >= 0.6 is 0 Å². The van der Waals surface area contributed by atoms with Crippen LogP contribution in [0.25, 0.3) is 0 Å². The molecule has 152 valence electrons. The number of nitrogens with one attached hydrogen (secondary N) is 1. The fraction of sp³-hybridized carbons (Fsp3) is 0.500. The molecule has 3 rings (SSSR count). The molecule has 1 aromatic carbocycles. The highest BCUT2D eigenvalue weighted by Gasteiger charge is 2.36. The van der Waals surface area contributed by atoms with E-state index in [0.29, 0.717) is 30.8 Å². The standard InChI is InChI=1S/C20H28N4O3S/c1-14(17-9-6-5-7-10-17)21-20(25)18-11-8-12-24(13-18)28(26,27)19-15(2)22-23(4)16(19)3/h5-7,9-10,14,18H,8,11-13H2,1-4H3,(H,21,25). The first kappa shape index (κ1) is 20.5. The Kier molecular flexibility index (Phi) is 5.90. The number of piperidine rings is 1. The summed E-state index contributed by atoms with van der Waals surface area (Å²) < 4.78 is 29.4. The van der Waals surface area contributed by atoms with Crippen molar-refractivity contribution in [3.05, 3.63) is 47.3 Å². The van der Waals surface area contributed by atoms with Gasteiger partial charge in [-0.15, -0.1) is 0 Å². The number of benzene rings is 1. The number of rotatable bonds is 5. The monoisotopic (exact) mass is 404 g/mol. The fourth-order valence-corrected chi connectivity index (χ4v) is 5.71. The average molecular weight is 405 g/mol. The maximum absolute atomic E-state index is 13.2. The second-order valence-electron chi connectivity index (χ2n) is 7.47. The highest BCUT2D eigenvalue weighted by atomic mass is 32.2. The molecular weight excluding hydrogens is 376 g/mol. The van der Waals surface area contributed by atoms with E-state index in [4.69, 9.17) is 0 Å². The number of amides is 1. The van der Waals surface area contributed by atoms with Gasteiger partial charge in [-0.2, -0.15) is 9.40 Å². The van der Waals surface area contributed by atoms with Gasteiger partial charge in [0.25, 0.3) is 0 Å². The number of sulfonamides is 1. The number of hydrogen-bond acceptors (Lipinski definition) is 4. The van der Waals surface area contributed by atoms with Crippen molar-refractivity contribution in [2.24, 2.45) is 13.0 Å². The van der Waals surface area contributed by atoms with Gasteiger partial charge in [-0.25, -0.2) is 8.42 Å². The Labute approximate surface area is 166 Å². The third-order valence-electron chi connectivity index (χ3n) is 5.45. The van der Waals surface area contributed by atoms with E-state index < -0.39 is 10.0 Å². The smallest absolute Gasteiger partial charge is 0.246 e. The Hall–Kier alpha value is -2.19. The minimum absolute atomic E-state index is 0.101. The first-order valence-electron chi connectivity index (χ1n) is 9.57. The van der Waals surface area contributed by atoms with Crippen molar-refractivity contribution >= 4 is 15.9 Å². The van der Waals surface area contributed by atoms with Crippen molar-refractivity contribution in [1.82, 2.24) is 19.4 Å². The summed E-state index contributed by atoms with van der Waals surface area (Å²) in [5.41, 5.74) is 2.13. The van der Waals surface area contributed by atoms with Gasteiger partial charge in [-0.05, 0) is 39.2 Å². The lowest BCUT2D eigenvalue weighted by atomic mass is 9.98. The molecule has 2 heterocycles. The molecular formula is C20H28N4O3S. The van der Waals surface area contributed by atoms with Crippen LogP contribution in [0.5, 0.6) is 0 Å². The minimum Gasteiger partial charge on any atom is -0.349 e. The molecule has 1 fully saturated rings. The van der Waals surface area contributed by atoms with Gasteiger partial charge in [-0.3, -0.25) is 9.48 Å². The average Bonchev–Trinajstić information content (AvgIpc) is 2.94. The molecule has 1 aliphatic rings. The summed E-state index contributed by atoms with van der Waals surface area (Å²) in [6.45, 7) is 6.02. The highest BCUT2D eigenvalue weighted by Crippen LogP contribution is 2.28. The molecule has 0 radical (unpaired) electrons. The highest BCUT2D eigenvalue weighted by molar-refractivity contribution is 7.89. The fourth-order valence-electron chi connectivity index (χ4n) is 3.79. The Bertz CT molecular complexity index is 953. The molecule has 1 N–H and O–H groups in total. The molecule has 0 aliphatic carbocycles. The van der Waals surface area contributed by atoms with Crippen LogP contribution in [-0.4, -0.2) is 41.5 Å². The zero-order chi connectivity index (χ0) is 20.5. The second kappa shape index (κ2) is 8.05. The van der Waals surface area contributed by atoms with Crippen molar-refractivity contribution in [3.8, 4) is 0 Å². The van der Waals surface area contributed by atoms with E-state index >= 15 is 0 Å². The van der Waals surface area contributed by atoms with Crippen LogP contribution in [0.3, 0.4) is 0 Å². The molecule has 2 aromatic rings. The van der Waals surface area contributed by atoms with Crippen LogP contribution in [0, 0.1) is 19.8 Å². The van der Waals surface area contributed by atoms with Crippen LogP contribution in [0.2, 0.25) is 0 Å². The molecule has 2 atom stereocenters. The lowest BCUT2D eigenvalue weighted by Crippen LogP contribution is -2.46. The van der Waals surface area contributed by atoms with Gasteiger partial charge in [0.15, 0.2) is 0 Å². The van der Waals surface area contributed by atoms with Crippen LogP contribution in [0.4, 0.5) is 0 Å². The van der Waals surface area contributed by atoms with Gasteiger partial charge in [0.05, 0.1) is 23.3 Å². The van der Waals surface area contributed by atoms with E-state index in [1.54, 1.807) is 25.6 Å². The van der Waals surface area contributed by atoms with Crippen LogP contribution in [-0.2, 0) is 21.9 Å². The summed E-state index contributed by atoms with van der Waals surface area (Å²) in [7, 11) is -1.94. The number of aryl methyl sites for hydroxylation is 2. The summed E-state index contributed by atoms with van der Waals surface area (Å²) >= 11 is 0. The third-order valence-corrected chi connectivity index (χ3v) is 7.57. The maximum Gasteiger partial charge on any atom is 0.246 e. The second-order valence-corrected chi connectivity index (χ2v) is 9.34. The normalized spacial score (nSPS) is 19.4. The Morgan fingerprint density at radius 3 is 2.54 bits per heavy atom. The van der Waals surface area contributed by atoms with Crippen LogP contribution < -0.4 is 5.32 Å². The number of nitrogens with zero attached hydrogens (tertiary/aromatic N) is 3. The molecule has 7 nitrogen and oxygen atoms in total. The Balaban J connectivity index is 1.74. The Morgan fingerprint density at radius 1 is 1.25 bits per heavy atom. The van der Waals surface area contributed by atoms with Crippen molar-refractivity contribution in [3.63, 3.8) is 0 Å². The Morgan fingerprint density at radius 2 is 1.93 bits per heavy atom. The molecule has 1 saturated heterocycles. The maximum atomic E-state index is 13.2. The van der Waals surface area contributed by atoms with Crippen molar-refractivity contribution in [2.45, 2.75) is 44.6 Å². The van der Waals surface area contributed by atoms with Crippen molar-refractivity contribution in [1.29, 1.82) is 0 Å². The van der Waals surface area contributed by atoms with Gasteiger partial charge < -0.3 is 5.32 Å². The van der Waals surface area contributed by atoms with Gasteiger partial charge in [0.2, 0.25) is 15.9 Å².